The Bertz CT molecular complexity index is 439. The standard InChI is InChI=1S/C9H8N2O4/c1-6(12)9(13)4-7-2-3-10-5-8(7)11(14)15/h2-5,13H,1H3/b9-4+. The molecule has 1 aromatic rings. The first-order valence-electron chi connectivity index (χ1n) is 4.02. The van der Waals surface area contributed by atoms with Crippen LogP contribution in [0.5, 0.6) is 0 Å². The minimum absolute atomic E-state index is 0.141. The van der Waals surface area contributed by atoms with E-state index in [4.69, 9.17) is 5.11 Å². The fourth-order valence-corrected chi connectivity index (χ4v) is 0.920. The van der Waals surface area contributed by atoms with E-state index in [0.29, 0.717) is 0 Å². The van der Waals surface area contributed by atoms with Gasteiger partial charge in [0.05, 0.1) is 10.5 Å². The highest BCUT2D eigenvalue weighted by molar-refractivity contribution is 5.95. The highest BCUT2D eigenvalue weighted by atomic mass is 16.6. The number of nitrogens with zero attached hydrogens (tertiary/aromatic N) is 2. The largest absolute Gasteiger partial charge is 0.504 e. The monoisotopic (exact) mass is 208 g/mol. The molecule has 0 amide bonds. The average molecular weight is 208 g/mol. The van der Waals surface area contributed by atoms with Gasteiger partial charge in [-0.05, 0) is 12.1 Å². The fraction of sp³-hybridized carbons (Fsp3) is 0.111. The number of ketones is 1. The van der Waals surface area contributed by atoms with Crippen LogP contribution in [0.3, 0.4) is 0 Å². The van der Waals surface area contributed by atoms with E-state index in [1.807, 2.05) is 0 Å². The number of rotatable bonds is 3. The molecule has 0 fully saturated rings. The van der Waals surface area contributed by atoms with Crippen molar-refractivity contribution in [3.05, 3.63) is 39.9 Å². The summed E-state index contributed by atoms with van der Waals surface area (Å²) in [5.41, 5.74) is -0.118. The SMILES string of the molecule is CC(=O)/C(O)=C\c1ccncc1[N+](=O)[O-]. The maximum atomic E-state index is 10.7. The van der Waals surface area contributed by atoms with E-state index >= 15 is 0 Å². The number of hydrogen-bond donors (Lipinski definition) is 1. The predicted octanol–water partition coefficient (Wildman–Crippen LogP) is 1.48. The van der Waals surface area contributed by atoms with Crippen molar-refractivity contribution in [2.24, 2.45) is 0 Å². The van der Waals surface area contributed by atoms with Crippen LogP contribution in [0.25, 0.3) is 6.08 Å². The molecule has 78 valence electrons. The van der Waals surface area contributed by atoms with Gasteiger partial charge in [0, 0.05) is 13.1 Å². The van der Waals surface area contributed by atoms with Crippen LogP contribution in [0.15, 0.2) is 24.2 Å². The minimum Gasteiger partial charge on any atom is -0.504 e. The summed E-state index contributed by atoms with van der Waals surface area (Å²) < 4.78 is 0. The molecular formula is C9H8N2O4. The number of Topliss-reactive ketones (excluding diaryl/α,β-unsaturated/α-hetero) is 1. The van der Waals surface area contributed by atoms with Gasteiger partial charge in [0.25, 0.3) is 5.69 Å². The molecule has 1 N–H and O–H groups in total. The van der Waals surface area contributed by atoms with E-state index in [0.717, 1.165) is 12.3 Å². The molecule has 0 saturated carbocycles. The summed E-state index contributed by atoms with van der Waals surface area (Å²) in [6, 6.07) is 1.34. The van der Waals surface area contributed by atoms with Crippen LogP contribution < -0.4 is 0 Å². The number of aromatic nitrogens is 1. The van der Waals surface area contributed by atoms with Crippen LogP contribution in [-0.2, 0) is 4.79 Å². The third kappa shape index (κ3) is 2.60. The minimum atomic E-state index is -0.633. The zero-order chi connectivity index (χ0) is 11.4. The topological polar surface area (TPSA) is 93.3 Å². The number of allylic oxidation sites excluding steroid dienone is 1. The highest BCUT2D eigenvalue weighted by Gasteiger charge is 2.12. The van der Waals surface area contributed by atoms with Crippen LogP contribution in [0.2, 0.25) is 0 Å². The lowest BCUT2D eigenvalue weighted by molar-refractivity contribution is -0.385. The molecule has 0 radical (unpaired) electrons. The smallest absolute Gasteiger partial charge is 0.294 e. The van der Waals surface area contributed by atoms with Crippen molar-refractivity contribution < 1.29 is 14.8 Å². The summed E-state index contributed by atoms with van der Waals surface area (Å²) in [5, 5.41) is 19.7. The Labute approximate surface area is 85.0 Å². The second kappa shape index (κ2) is 4.32. The van der Waals surface area contributed by atoms with Gasteiger partial charge in [-0.25, -0.2) is 0 Å². The molecular weight excluding hydrogens is 200 g/mol. The third-order valence-corrected chi connectivity index (χ3v) is 1.68. The second-order valence-electron chi connectivity index (χ2n) is 2.78. The lowest BCUT2D eigenvalue weighted by atomic mass is 10.2. The number of aliphatic hydroxyl groups is 1. The van der Waals surface area contributed by atoms with Gasteiger partial charge in [-0.2, -0.15) is 0 Å². The first-order chi connectivity index (χ1) is 7.02. The van der Waals surface area contributed by atoms with Gasteiger partial charge in [-0.15, -0.1) is 0 Å². The van der Waals surface area contributed by atoms with Gasteiger partial charge in [0.15, 0.2) is 11.5 Å². The van der Waals surface area contributed by atoms with E-state index < -0.39 is 16.5 Å². The number of hydrogen-bond acceptors (Lipinski definition) is 5. The zero-order valence-electron chi connectivity index (χ0n) is 7.88. The van der Waals surface area contributed by atoms with E-state index in [1.165, 1.54) is 19.2 Å². The molecule has 0 saturated heterocycles. The molecule has 0 aliphatic carbocycles. The Balaban J connectivity index is 3.20. The Morgan fingerprint density at radius 3 is 2.87 bits per heavy atom. The van der Waals surface area contributed by atoms with E-state index in [-0.39, 0.29) is 11.3 Å². The van der Waals surface area contributed by atoms with Crippen molar-refractivity contribution in [3.63, 3.8) is 0 Å². The molecule has 0 unspecified atom stereocenters. The number of carbonyl (C=O) groups is 1. The van der Waals surface area contributed by atoms with Crippen LogP contribution in [0.4, 0.5) is 5.69 Å². The van der Waals surface area contributed by atoms with E-state index in [9.17, 15) is 14.9 Å². The number of pyridine rings is 1. The van der Waals surface area contributed by atoms with Crippen molar-refractivity contribution in [1.82, 2.24) is 4.98 Å². The molecule has 1 rings (SSSR count). The maximum Gasteiger partial charge on any atom is 0.294 e. The Hall–Kier alpha value is -2.24. The summed E-state index contributed by atoms with van der Waals surface area (Å²) in [6.07, 6.45) is 3.44. The Morgan fingerprint density at radius 2 is 2.33 bits per heavy atom. The molecule has 6 heteroatoms. The van der Waals surface area contributed by atoms with Crippen molar-refractivity contribution in [1.29, 1.82) is 0 Å². The van der Waals surface area contributed by atoms with Gasteiger partial charge >= 0.3 is 0 Å². The lowest BCUT2D eigenvalue weighted by Gasteiger charge is -1.97. The number of nitro groups is 1. The quantitative estimate of drug-likeness (QED) is 0.351. The fourth-order valence-electron chi connectivity index (χ4n) is 0.920. The second-order valence-corrected chi connectivity index (χ2v) is 2.78. The normalized spacial score (nSPS) is 11.1. The maximum absolute atomic E-state index is 10.7. The Morgan fingerprint density at radius 1 is 1.67 bits per heavy atom. The van der Waals surface area contributed by atoms with Crippen molar-refractivity contribution >= 4 is 17.5 Å². The van der Waals surface area contributed by atoms with Crippen molar-refractivity contribution in [3.8, 4) is 0 Å². The molecule has 0 spiro atoms. The molecule has 6 nitrogen and oxygen atoms in total. The summed E-state index contributed by atoms with van der Waals surface area (Å²) in [7, 11) is 0. The van der Waals surface area contributed by atoms with Gasteiger partial charge in [-0.3, -0.25) is 19.9 Å². The molecule has 15 heavy (non-hydrogen) atoms. The Kier molecular flexibility index (Phi) is 3.12. The highest BCUT2D eigenvalue weighted by Crippen LogP contribution is 2.18. The molecule has 0 aromatic carbocycles. The average Bonchev–Trinajstić information content (AvgIpc) is 2.18. The summed E-state index contributed by atoms with van der Waals surface area (Å²) >= 11 is 0. The summed E-state index contributed by atoms with van der Waals surface area (Å²) in [5.74, 6) is -1.08. The van der Waals surface area contributed by atoms with Crippen molar-refractivity contribution in [2.45, 2.75) is 6.92 Å². The van der Waals surface area contributed by atoms with Crippen LogP contribution in [0.1, 0.15) is 12.5 Å². The van der Waals surface area contributed by atoms with E-state index in [1.54, 1.807) is 0 Å². The predicted molar refractivity (Wildman–Crippen MR) is 52.2 cm³/mol. The van der Waals surface area contributed by atoms with Crippen LogP contribution >= 0.6 is 0 Å². The molecule has 0 aliphatic heterocycles. The molecule has 0 bridgehead atoms. The van der Waals surface area contributed by atoms with E-state index in [2.05, 4.69) is 4.98 Å². The molecule has 1 heterocycles. The first-order valence-corrected chi connectivity index (χ1v) is 4.02. The molecule has 0 aliphatic rings. The van der Waals surface area contributed by atoms with Gasteiger partial charge in [0.2, 0.25) is 0 Å². The van der Waals surface area contributed by atoms with Gasteiger partial charge in [-0.1, -0.05) is 0 Å². The number of carbonyl (C=O) groups excluding carboxylic acids is 1. The summed E-state index contributed by atoms with van der Waals surface area (Å²) in [4.78, 5) is 24.2. The molecule has 1 aromatic heterocycles. The number of aliphatic hydroxyl groups excluding tert-OH is 1. The third-order valence-electron chi connectivity index (χ3n) is 1.68. The van der Waals surface area contributed by atoms with Crippen molar-refractivity contribution in [2.75, 3.05) is 0 Å². The van der Waals surface area contributed by atoms with Crippen LogP contribution in [-0.4, -0.2) is 20.8 Å². The van der Waals surface area contributed by atoms with Gasteiger partial charge < -0.3 is 5.11 Å². The lowest BCUT2D eigenvalue weighted by Crippen LogP contribution is -1.97. The zero-order valence-corrected chi connectivity index (χ0v) is 7.88. The summed E-state index contributed by atoms with van der Waals surface area (Å²) in [6.45, 7) is 1.17. The molecule has 0 atom stereocenters. The van der Waals surface area contributed by atoms with Gasteiger partial charge in [0.1, 0.15) is 6.20 Å². The van der Waals surface area contributed by atoms with Crippen LogP contribution in [0, 0.1) is 10.1 Å². The first kappa shape index (κ1) is 10.8.